The Morgan fingerprint density at radius 2 is 0.926 bits per heavy atom. The van der Waals surface area contributed by atoms with Gasteiger partial charge in [-0.1, -0.05) is 60.7 Å². The molecular formula is C40H32N8O6. The Balaban J connectivity index is 0.000000167. The van der Waals surface area contributed by atoms with E-state index in [9.17, 15) is 9.59 Å². The quantitative estimate of drug-likeness (QED) is 0.129. The Morgan fingerprint density at radius 3 is 1.28 bits per heavy atom. The number of hydrogen-bond donors (Lipinski definition) is 0. The summed E-state index contributed by atoms with van der Waals surface area (Å²) in [4.78, 5) is 38.6. The lowest BCUT2D eigenvalue weighted by atomic mass is 10.1. The van der Waals surface area contributed by atoms with Gasteiger partial charge in [-0.05, 0) is 48.5 Å². The lowest BCUT2D eigenvalue weighted by molar-refractivity contribution is -0.130. The highest BCUT2D eigenvalue weighted by Crippen LogP contribution is 2.30. The van der Waals surface area contributed by atoms with Crippen molar-refractivity contribution in [1.82, 2.24) is 39.5 Å². The third-order valence-corrected chi connectivity index (χ3v) is 8.24. The maximum Gasteiger partial charge on any atom is 0.293 e. The first kappa shape index (κ1) is 34.9. The number of methoxy groups -OCH3 is 2. The molecule has 0 bridgehead atoms. The summed E-state index contributed by atoms with van der Waals surface area (Å²) in [5, 5.41) is 11.2. The van der Waals surface area contributed by atoms with Crippen LogP contribution in [0, 0.1) is 0 Å². The minimum absolute atomic E-state index is 0.00784. The average Bonchev–Trinajstić information content (AvgIpc) is 3.82. The third kappa shape index (κ3) is 7.43. The van der Waals surface area contributed by atoms with Gasteiger partial charge in [0, 0.05) is 23.5 Å². The number of fused-ring (bicyclic) bond motifs is 2. The lowest BCUT2D eigenvalue weighted by Gasteiger charge is -2.05. The molecule has 0 amide bonds. The van der Waals surface area contributed by atoms with Crippen LogP contribution in [0.4, 0.5) is 0 Å². The van der Waals surface area contributed by atoms with Crippen LogP contribution in [0.25, 0.3) is 56.0 Å². The van der Waals surface area contributed by atoms with Crippen molar-refractivity contribution in [3.8, 4) is 45.4 Å². The Labute approximate surface area is 308 Å². The van der Waals surface area contributed by atoms with E-state index in [4.69, 9.17) is 29.1 Å². The molecule has 0 radical (unpaired) electrons. The second kappa shape index (κ2) is 16.2. The fourth-order valence-corrected chi connectivity index (χ4v) is 5.66. The van der Waals surface area contributed by atoms with Crippen LogP contribution in [0.15, 0.2) is 122 Å². The molecule has 0 fully saturated rings. The van der Waals surface area contributed by atoms with Gasteiger partial charge in [0.1, 0.15) is 22.9 Å². The molecule has 0 aliphatic rings. The maximum absolute atomic E-state index is 10.5. The molecule has 4 aromatic carbocycles. The highest BCUT2D eigenvalue weighted by Gasteiger charge is 2.18. The molecule has 0 unspecified atom stereocenters. The van der Waals surface area contributed by atoms with Gasteiger partial charge in [-0.25, -0.2) is 29.3 Å². The zero-order valence-electron chi connectivity index (χ0n) is 29.1. The van der Waals surface area contributed by atoms with Gasteiger partial charge in [0.05, 0.1) is 36.4 Å². The molecule has 0 saturated carbocycles. The number of rotatable bonds is 12. The first-order valence-corrected chi connectivity index (χ1v) is 16.6. The van der Waals surface area contributed by atoms with Crippen molar-refractivity contribution in [2.75, 3.05) is 14.2 Å². The van der Waals surface area contributed by atoms with E-state index in [0.29, 0.717) is 35.9 Å². The molecule has 8 aromatic rings. The van der Waals surface area contributed by atoms with E-state index in [1.807, 2.05) is 109 Å². The molecule has 268 valence electrons. The molecule has 14 nitrogen and oxygen atoms in total. The van der Waals surface area contributed by atoms with Crippen molar-refractivity contribution in [1.29, 1.82) is 0 Å². The van der Waals surface area contributed by atoms with E-state index in [0.717, 1.165) is 56.2 Å². The topological polar surface area (TPSA) is 158 Å². The van der Waals surface area contributed by atoms with Gasteiger partial charge in [0.2, 0.25) is 0 Å². The van der Waals surface area contributed by atoms with Crippen molar-refractivity contribution < 1.29 is 28.5 Å². The number of benzene rings is 4. The molecule has 0 spiro atoms. The molecule has 4 heterocycles. The molecule has 0 saturated heterocycles. The number of nitrogens with zero attached hydrogens (tertiary/aromatic N) is 8. The second-order valence-electron chi connectivity index (χ2n) is 11.5. The molecular weight excluding hydrogens is 688 g/mol. The Hall–Kier alpha value is -7.48. The Bertz CT molecular complexity index is 2330. The molecule has 0 N–H and O–H groups in total. The summed E-state index contributed by atoms with van der Waals surface area (Å²) >= 11 is 0. The third-order valence-electron chi connectivity index (χ3n) is 8.24. The summed E-state index contributed by atoms with van der Waals surface area (Å²) in [6.45, 7) is 0.773. The Morgan fingerprint density at radius 1 is 0.537 bits per heavy atom. The van der Waals surface area contributed by atoms with E-state index < -0.39 is 0 Å². The van der Waals surface area contributed by atoms with Crippen LogP contribution in [-0.2, 0) is 32.3 Å². The van der Waals surface area contributed by atoms with Crippen LogP contribution in [0.3, 0.4) is 0 Å². The number of hydrogen-bond acceptors (Lipinski definition) is 12. The largest absolute Gasteiger partial charge is 0.497 e. The van der Waals surface area contributed by atoms with Gasteiger partial charge in [0.15, 0.2) is 36.2 Å². The standard InChI is InChI=1S/2C20H16N4O3/c2*1-26-16-9-7-15(8-10-16)24-20-17(11-21-18(22-20)12-27-13-25)19(23-24)14-5-3-2-4-6-14/h2*2-11,13H,12H2,1H3. The minimum atomic E-state index is 0.00784. The smallest absolute Gasteiger partial charge is 0.293 e. The minimum Gasteiger partial charge on any atom is -0.497 e. The van der Waals surface area contributed by atoms with Crippen molar-refractivity contribution in [2.45, 2.75) is 13.2 Å². The molecule has 8 rings (SSSR count). The van der Waals surface area contributed by atoms with Gasteiger partial charge in [-0.3, -0.25) is 9.59 Å². The van der Waals surface area contributed by atoms with Crippen molar-refractivity contribution >= 4 is 35.0 Å². The van der Waals surface area contributed by atoms with E-state index in [2.05, 4.69) is 19.9 Å². The molecule has 54 heavy (non-hydrogen) atoms. The van der Waals surface area contributed by atoms with Crippen LogP contribution in [0.2, 0.25) is 0 Å². The SMILES string of the molecule is COc1ccc(-n2nc(-c3ccccc3)c3cnc(COC=O)nc32)cc1.COc1ccc(-n2nc(-c3ccccc3)c3cnc(COC=O)nc32)cc1. The van der Waals surface area contributed by atoms with Gasteiger partial charge in [0.25, 0.3) is 12.9 Å². The monoisotopic (exact) mass is 720 g/mol. The molecule has 14 heteroatoms. The summed E-state index contributed by atoms with van der Waals surface area (Å²) in [7, 11) is 3.25. The van der Waals surface area contributed by atoms with Crippen molar-refractivity contribution in [3.63, 3.8) is 0 Å². The second-order valence-corrected chi connectivity index (χ2v) is 11.5. The first-order valence-electron chi connectivity index (χ1n) is 16.6. The Kier molecular flexibility index (Phi) is 10.5. The molecule has 0 aliphatic carbocycles. The summed E-state index contributed by atoms with van der Waals surface area (Å²) in [6.07, 6.45) is 3.42. The lowest BCUT2D eigenvalue weighted by Crippen LogP contribution is -2.02. The van der Waals surface area contributed by atoms with Crippen LogP contribution < -0.4 is 9.47 Å². The van der Waals surface area contributed by atoms with E-state index in [1.165, 1.54) is 0 Å². The summed E-state index contributed by atoms with van der Waals surface area (Å²) in [5.74, 6) is 2.33. The summed E-state index contributed by atoms with van der Waals surface area (Å²) < 4.78 is 23.5. The summed E-state index contributed by atoms with van der Waals surface area (Å²) in [5.41, 5.74) is 6.45. The van der Waals surface area contributed by atoms with Crippen LogP contribution in [-0.4, -0.2) is 66.7 Å². The molecule has 0 atom stereocenters. The zero-order chi connectivity index (χ0) is 37.3. The maximum atomic E-state index is 10.5. The highest BCUT2D eigenvalue weighted by molar-refractivity contribution is 5.92. The normalized spacial score (nSPS) is 10.7. The number of carbonyl (C=O) groups excluding carboxylic acids is 2. The fourth-order valence-electron chi connectivity index (χ4n) is 5.66. The van der Waals surface area contributed by atoms with Crippen molar-refractivity contribution in [2.24, 2.45) is 0 Å². The molecule has 0 aliphatic heterocycles. The number of aromatic nitrogens is 8. The first-order chi connectivity index (χ1) is 26.6. The van der Waals surface area contributed by atoms with Crippen LogP contribution in [0.5, 0.6) is 11.5 Å². The van der Waals surface area contributed by atoms with E-state index >= 15 is 0 Å². The average molecular weight is 721 g/mol. The van der Waals surface area contributed by atoms with Gasteiger partial charge >= 0.3 is 0 Å². The van der Waals surface area contributed by atoms with Crippen LogP contribution in [0.1, 0.15) is 11.6 Å². The fraction of sp³-hybridized carbons (Fsp3) is 0.100. The predicted molar refractivity (Wildman–Crippen MR) is 199 cm³/mol. The number of carbonyl (C=O) groups is 2. The van der Waals surface area contributed by atoms with Gasteiger partial charge in [-0.15, -0.1) is 0 Å². The van der Waals surface area contributed by atoms with Gasteiger partial charge in [-0.2, -0.15) is 10.2 Å². The van der Waals surface area contributed by atoms with E-state index in [-0.39, 0.29) is 13.2 Å². The highest BCUT2D eigenvalue weighted by atomic mass is 16.5. The zero-order valence-corrected chi connectivity index (χ0v) is 29.1. The summed E-state index contributed by atoms with van der Waals surface area (Å²) in [6, 6.07) is 34.8. The van der Waals surface area contributed by atoms with E-state index in [1.54, 1.807) is 36.0 Å². The van der Waals surface area contributed by atoms with Gasteiger partial charge < -0.3 is 18.9 Å². The molecule has 4 aromatic heterocycles. The number of ether oxygens (including phenoxy) is 4. The van der Waals surface area contributed by atoms with Crippen LogP contribution >= 0.6 is 0 Å². The van der Waals surface area contributed by atoms with Crippen molar-refractivity contribution in [3.05, 3.63) is 133 Å². The predicted octanol–water partition coefficient (Wildman–Crippen LogP) is 6.33.